The van der Waals surface area contributed by atoms with E-state index in [9.17, 15) is 0 Å². The van der Waals surface area contributed by atoms with Gasteiger partial charge in [0.2, 0.25) is 0 Å². The molecule has 0 aliphatic carbocycles. The van der Waals surface area contributed by atoms with E-state index in [4.69, 9.17) is 0 Å². The first-order valence-corrected chi connectivity index (χ1v) is 19.8. The molecule has 0 unspecified atom stereocenters. The smallest absolute Gasteiger partial charge is 0.0543 e. The maximum Gasteiger partial charge on any atom is 0.0543 e. The maximum atomic E-state index is 2.54. The molecular weight excluding hydrogens is 677 g/mol. The molecule has 0 N–H and O–H groups in total. The van der Waals surface area contributed by atoms with Crippen LogP contribution in [-0.2, 0) is 10.8 Å². The van der Waals surface area contributed by atoms with Gasteiger partial charge in [0, 0.05) is 27.3 Å². The van der Waals surface area contributed by atoms with Gasteiger partial charge in [0.25, 0.3) is 0 Å². The average molecular weight is 719 g/mol. The fourth-order valence-electron chi connectivity index (χ4n) is 9.79. The summed E-state index contributed by atoms with van der Waals surface area (Å²) >= 11 is 0. The number of rotatable bonds is 4. The molecule has 0 radical (unpaired) electrons. The highest BCUT2D eigenvalue weighted by Crippen LogP contribution is 2.60. The van der Waals surface area contributed by atoms with Crippen LogP contribution >= 0.6 is 0 Å². The Kier molecular flexibility index (Phi) is 6.98. The topological polar surface area (TPSA) is 8.17 Å². The van der Waals surface area contributed by atoms with Crippen LogP contribution in [0.5, 0.6) is 0 Å². The second-order valence-electron chi connectivity index (χ2n) is 16.6. The lowest BCUT2D eigenvalue weighted by atomic mass is 9.66. The summed E-state index contributed by atoms with van der Waals surface area (Å²) in [5, 5.41) is 2.51. The van der Waals surface area contributed by atoms with Crippen LogP contribution < -0.4 is 4.90 Å². The van der Waals surface area contributed by atoms with E-state index in [0.29, 0.717) is 0 Å². The Morgan fingerprint density at radius 3 is 1.39 bits per heavy atom. The first-order valence-electron chi connectivity index (χ1n) is 19.8. The largest absolute Gasteiger partial charge is 0.309 e. The molecule has 268 valence electrons. The van der Waals surface area contributed by atoms with Gasteiger partial charge in [-0.3, -0.25) is 0 Å². The summed E-state index contributed by atoms with van der Waals surface area (Å²) in [7, 11) is 0. The van der Waals surface area contributed by atoms with E-state index in [1.807, 2.05) is 0 Å². The number of hydrogen-bond acceptors (Lipinski definition) is 1. The molecule has 0 atom stereocenters. The third kappa shape index (κ3) is 4.69. The van der Waals surface area contributed by atoms with E-state index in [-0.39, 0.29) is 10.8 Å². The van der Waals surface area contributed by atoms with Gasteiger partial charge >= 0.3 is 0 Å². The molecule has 2 aliphatic rings. The number of para-hydroxylation sites is 2. The van der Waals surface area contributed by atoms with Crippen molar-refractivity contribution in [1.29, 1.82) is 0 Å². The van der Waals surface area contributed by atoms with Crippen molar-refractivity contribution >= 4 is 38.9 Å². The lowest BCUT2D eigenvalue weighted by Crippen LogP contribution is -2.38. The maximum absolute atomic E-state index is 2.54. The van der Waals surface area contributed by atoms with Crippen molar-refractivity contribution < 1.29 is 0 Å². The van der Waals surface area contributed by atoms with Crippen molar-refractivity contribution in [1.82, 2.24) is 4.57 Å². The molecule has 2 nitrogen and oxygen atoms in total. The summed E-state index contributed by atoms with van der Waals surface area (Å²) in [5.41, 5.74) is 20.1. The Balaban J connectivity index is 1.03. The zero-order valence-electron chi connectivity index (χ0n) is 32.2. The van der Waals surface area contributed by atoms with Gasteiger partial charge in [-0.05, 0) is 110 Å². The zero-order chi connectivity index (χ0) is 37.8. The van der Waals surface area contributed by atoms with Gasteiger partial charge in [0.05, 0.1) is 28.1 Å². The van der Waals surface area contributed by atoms with Crippen LogP contribution in [0.3, 0.4) is 0 Å². The summed E-state index contributed by atoms with van der Waals surface area (Å²) in [6.45, 7) is 9.54. The van der Waals surface area contributed by atoms with E-state index >= 15 is 0 Å². The number of hydrogen-bond donors (Lipinski definition) is 0. The molecule has 9 aromatic rings. The SMILES string of the molecule is CC1(C)c2ccccc2N2c3ccc(-c4ccc(-n5c6ccc(-c7ccccc7)cc6c6cc(-c7ccccc7)ccc65)cc4)cc3C(C)(C)c3cccc1c32. The first kappa shape index (κ1) is 32.8. The van der Waals surface area contributed by atoms with Gasteiger partial charge in [-0.25, -0.2) is 0 Å². The monoisotopic (exact) mass is 718 g/mol. The van der Waals surface area contributed by atoms with E-state index in [1.54, 1.807) is 0 Å². The summed E-state index contributed by atoms with van der Waals surface area (Å²) in [6, 6.07) is 67.4. The van der Waals surface area contributed by atoms with Crippen LogP contribution in [0.4, 0.5) is 17.1 Å². The van der Waals surface area contributed by atoms with Gasteiger partial charge in [-0.2, -0.15) is 0 Å². The molecule has 0 spiro atoms. The number of anilines is 3. The van der Waals surface area contributed by atoms with Gasteiger partial charge in [0.1, 0.15) is 0 Å². The van der Waals surface area contributed by atoms with Crippen LogP contribution in [0.25, 0.3) is 60.9 Å². The number of aromatic nitrogens is 1. The summed E-state index contributed by atoms with van der Waals surface area (Å²) in [6.07, 6.45) is 0. The summed E-state index contributed by atoms with van der Waals surface area (Å²) in [5.74, 6) is 0. The molecule has 2 heteroatoms. The van der Waals surface area contributed by atoms with Crippen LogP contribution in [0.2, 0.25) is 0 Å². The third-order valence-corrected chi connectivity index (χ3v) is 12.8. The van der Waals surface area contributed by atoms with Crippen molar-refractivity contribution in [3.63, 3.8) is 0 Å². The fourth-order valence-corrected chi connectivity index (χ4v) is 9.79. The Morgan fingerprint density at radius 1 is 0.339 bits per heavy atom. The van der Waals surface area contributed by atoms with Crippen molar-refractivity contribution in [3.05, 3.63) is 204 Å². The van der Waals surface area contributed by atoms with E-state index in [2.05, 4.69) is 219 Å². The van der Waals surface area contributed by atoms with Crippen LogP contribution in [0.1, 0.15) is 49.9 Å². The van der Waals surface area contributed by atoms with E-state index in [1.165, 1.54) is 94.5 Å². The lowest BCUT2D eigenvalue weighted by molar-refractivity contribution is 0.597. The zero-order valence-corrected chi connectivity index (χ0v) is 32.2. The predicted molar refractivity (Wildman–Crippen MR) is 236 cm³/mol. The van der Waals surface area contributed by atoms with Crippen LogP contribution in [0, 0.1) is 0 Å². The van der Waals surface area contributed by atoms with Crippen molar-refractivity contribution in [2.24, 2.45) is 0 Å². The number of nitrogens with zero attached hydrogens (tertiary/aromatic N) is 2. The Bertz CT molecular complexity index is 2900. The minimum Gasteiger partial charge on any atom is -0.309 e. The highest BCUT2D eigenvalue weighted by molar-refractivity contribution is 6.11. The molecule has 8 aromatic carbocycles. The molecule has 0 saturated heterocycles. The summed E-state index contributed by atoms with van der Waals surface area (Å²) in [4.78, 5) is 2.54. The second kappa shape index (κ2) is 11.9. The first-order chi connectivity index (χ1) is 27.3. The van der Waals surface area contributed by atoms with Crippen molar-refractivity contribution in [3.8, 4) is 39.1 Å². The molecule has 11 rings (SSSR count). The third-order valence-electron chi connectivity index (χ3n) is 12.8. The quantitative estimate of drug-likeness (QED) is 0.176. The molecule has 56 heavy (non-hydrogen) atoms. The Hall–Kier alpha value is -6.64. The molecule has 0 saturated carbocycles. The molecular formula is C54H42N2. The van der Waals surface area contributed by atoms with Gasteiger partial charge < -0.3 is 9.47 Å². The van der Waals surface area contributed by atoms with Crippen molar-refractivity contribution in [2.75, 3.05) is 4.90 Å². The van der Waals surface area contributed by atoms with Crippen LogP contribution in [0.15, 0.2) is 182 Å². The highest BCUT2D eigenvalue weighted by atomic mass is 15.2. The number of fused-ring (bicyclic) bond motifs is 7. The minimum atomic E-state index is -0.171. The average Bonchev–Trinajstić information content (AvgIpc) is 3.57. The molecule has 0 amide bonds. The van der Waals surface area contributed by atoms with E-state index in [0.717, 1.165) is 5.69 Å². The molecule has 0 bridgehead atoms. The number of benzene rings is 8. The van der Waals surface area contributed by atoms with Crippen LogP contribution in [-0.4, -0.2) is 4.57 Å². The highest BCUT2D eigenvalue weighted by Gasteiger charge is 2.45. The standard InChI is InChI=1S/C54H42N2/c1-53(2)44-18-11-12-21-50(44)56-51-31-26-40(34-47(51)54(3,4)46-20-13-19-45(53)52(46)56)37-22-27-41(28-23-37)55-48-29-24-38(35-14-7-5-8-15-35)32-42(48)43-33-39(25-30-49(43)55)36-16-9-6-10-17-36/h5-34H,1-4H3. The second-order valence-corrected chi connectivity index (χ2v) is 16.6. The van der Waals surface area contributed by atoms with Gasteiger partial charge in [-0.15, -0.1) is 0 Å². The van der Waals surface area contributed by atoms with Gasteiger partial charge in [-0.1, -0.05) is 155 Å². The lowest BCUT2D eigenvalue weighted by Gasteiger charge is -2.49. The Labute approximate surface area is 328 Å². The molecule has 1 aromatic heterocycles. The Morgan fingerprint density at radius 2 is 0.786 bits per heavy atom. The molecule has 0 fully saturated rings. The predicted octanol–water partition coefficient (Wildman–Crippen LogP) is 14.5. The fraction of sp³-hybridized carbons (Fsp3) is 0.111. The molecule has 3 heterocycles. The van der Waals surface area contributed by atoms with E-state index < -0.39 is 0 Å². The van der Waals surface area contributed by atoms with Gasteiger partial charge in [0.15, 0.2) is 0 Å². The van der Waals surface area contributed by atoms with Crippen molar-refractivity contribution in [2.45, 2.75) is 38.5 Å². The summed E-state index contributed by atoms with van der Waals surface area (Å²) < 4.78 is 2.43. The normalized spacial score (nSPS) is 14.7. The molecule has 2 aliphatic heterocycles. The minimum absolute atomic E-state index is 0.0849.